The highest BCUT2D eigenvalue weighted by Crippen LogP contribution is 2.10. The van der Waals surface area contributed by atoms with Gasteiger partial charge in [-0.1, -0.05) is 6.92 Å². The van der Waals surface area contributed by atoms with Gasteiger partial charge in [-0.05, 0) is 19.4 Å². The number of amides is 1. The van der Waals surface area contributed by atoms with Gasteiger partial charge in [0.25, 0.3) is 0 Å². The molecule has 0 bridgehead atoms. The van der Waals surface area contributed by atoms with Gasteiger partial charge in [-0.2, -0.15) is 0 Å². The van der Waals surface area contributed by atoms with Crippen LogP contribution in [0.15, 0.2) is 0 Å². The van der Waals surface area contributed by atoms with Crippen LogP contribution in [0.3, 0.4) is 0 Å². The van der Waals surface area contributed by atoms with Gasteiger partial charge in [-0.25, -0.2) is 0 Å². The van der Waals surface area contributed by atoms with Crippen molar-refractivity contribution in [2.24, 2.45) is 5.73 Å². The molecular weight excluding hydrogens is 230 g/mol. The summed E-state index contributed by atoms with van der Waals surface area (Å²) in [6, 6.07) is 0.473. The molecule has 1 unspecified atom stereocenters. The van der Waals surface area contributed by atoms with Crippen molar-refractivity contribution in [1.82, 2.24) is 9.80 Å². The van der Waals surface area contributed by atoms with Gasteiger partial charge in [0.05, 0.1) is 13.2 Å². The lowest BCUT2D eigenvalue weighted by molar-refractivity contribution is -0.130. The zero-order valence-corrected chi connectivity index (χ0v) is 11.7. The summed E-state index contributed by atoms with van der Waals surface area (Å²) < 4.78 is 5.46. The lowest BCUT2D eigenvalue weighted by Gasteiger charge is -2.35. The first-order valence-electron chi connectivity index (χ1n) is 6.94. The lowest BCUT2D eigenvalue weighted by Crippen LogP contribution is -2.46. The summed E-state index contributed by atoms with van der Waals surface area (Å²) in [5.41, 5.74) is 5.44. The van der Waals surface area contributed by atoms with Gasteiger partial charge in [-0.15, -0.1) is 0 Å². The van der Waals surface area contributed by atoms with E-state index >= 15 is 0 Å². The van der Waals surface area contributed by atoms with Crippen LogP contribution in [0.4, 0.5) is 0 Å². The Morgan fingerprint density at radius 2 is 2.33 bits per heavy atom. The summed E-state index contributed by atoms with van der Waals surface area (Å²) in [5.74, 6) is 0.213. The maximum Gasteiger partial charge on any atom is 0.223 e. The number of ether oxygens (including phenoxy) is 1. The predicted molar refractivity (Wildman–Crippen MR) is 72.4 cm³/mol. The van der Waals surface area contributed by atoms with E-state index in [1.54, 1.807) is 4.90 Å². The summed E-state index contributed by atoms with van der Waals surface area (Å²) in [7, 11) is 1.86. The summed E-state index contributed by atoms with van der Waals surface area (Å²) in [5, 5.41) is 0. The van der Waals surface area contributed by atoms with Crippen molar-refractivity contribution in [3.63, 3.8) is 0 Å². The molecule has 0 aliphatic carbocycles. The van der Waals surface area contributed by atoms with Crippen LogP contribution in [0.2, 0.25) is 0 Å². The molecule has 1 aliphatic heterocycles. The third-order valence-electron chi connectivity index (χ3n) is 3.56. The van der Waals surface area contributed by atoms with Gasteiger partial charge >= 0.3 is 0 Å². The Bertz CT molecular complexity index is 248. The van der Waals surface area contributed by atoms with Crippen molar-refractivity contribution in [3.8, 4) is 0 Å². The molecule has 1 rings (SSSR count). The van der Waals surface area contributed by atoms with E-state index in [0.29, 0.717) is 19.0 Å². The highest BCUT2D eigenvalue weighted by molar-refractivity contribution is 5.76. The Morgan fingerprint density at radius 3 is 3.00 bits per heavy atom. The first-order valence-corrected chi connectivity index (χ1v) is 6.94. The largest absolute Gasteiger partial charge is 0.378 e. The molecule has 106 valence electrons. The highest BCUT2D eigenvalue weighted by Gasteiger charge is 2.22. The first kappa shape index (κ1) is 15.4. The van der Waals surface area contributed by atoms with E-state index < -0.39 is 0 Å². The third-order valence-corrected chi connectivity index (χ3v) is 3.56. The van der Waals surface area contributed by atoms with Gasteiger partial charge in [0.15, 0.2) is 0 Å². The molecule has 1 heterocycles. The second-order valence-corrected chi connectivity index (χ2v) is 4.88. The van der Waals surface area contributed by atoms with Crippen LogP contribution < -0.4 is 5.73 Å². The van der Waals surface area contributed by atoms with Crippen molar-refractivity contribution in [1.29, 1.82) is 0 Å². The Labute approximate surface area is 110 Å². The van der Waals surface area contributed by atoms with E-state index in [1.807, 2.05) is 7.05 Å². The van der Waals surface area contributed by atoms with Crippen LogP contribution in [0.25, 0.3) is 0 Å². The van der Waals surface area contributed by atoms with Crippen molar-refractivity contribution >= 4 is 5.91 Å². The molecule has 1 amide bonds. The molecule has 1 aliphatic rings. The normalized spacial score (nSPS) is 20.9. The van der Waals surface area contributed by atoms with Crippen LogP contribution in [0.1, 0.15) is 26.2 Å². The molecule has 0 aromatic carbocycles. The average Bonchev–Trinajstić information content (AvgIpc) is 2.42. The third kappa shape index (κ3) is 4.92. The van der Waals surface area contributed by atoms with Crippen LogP contribution in [0.5, 0.6) is 0 Å². The van der Waals surface area contributed by atoms with E-state index in [9.17, 15) is 4.79 Å². The molecule has 0 radical (unpaired) electrons. The maximum atomic E-state index is 11.9. The van der Waals surface area contributed by atoms with Crippen LogP contribution in [-0.4, -0.2) is 68.2 Å². The molecule has 1 atom stereocenters. The fraction of sp³-hybridized carbons (Fsp3) is 0.923. The summed E-state index contributed by atoms with van der Waals surface area (Å²) in [4.78, 5) is 16.1. The molecule has 5 heteroatoms. The number of hydrogen-bond donors (Lipinski definition) is 1. The highest BCUT2D eigenvalue weighted by atomic mass is 16.5. The summed E-state index contributed by atoms with van der Waals surface area (Å²) in [6.07, 6.45) is 2.55. The molecule has 0 spiro atoms. The fourth-order valence-electron chi connectivity index (χ4n) is 2.24. The van der Waals surface area contributed by atoms with E-state index in [-0.39, 0.29) is 5.91 Å². The van der Waals surface area contributed by atoms with Crippen molar-refractivity contribution < 1.29 is 9.53 Å². The topological polar surface area (TPSA) is 58.8 Å². The van der Waals surface area contributed by atoms with Gasteiger partial charge in [0, 0.05) is 39.1 Å². The van der Waals surface area contributed by atoms with Crippen LogP contribution in [-0.2, 0) is 9.53 Å². The van der Waals surface area contributed by atoms with Crippen LogP contribution in [0, 0.1) is 0 Å². The van der Waals surface area contributed by atoms with Crippen LogP contribution >= 0.6 is 0 Å². The second kappa shape index (κ2) is 8.45. The van der Waals surface area contributed by atoms with Gasteiger partial charge in [-0.3, -0.25) is 9.69 Å². The quantitative estimate of drug-likeness (QED) is 0.712. The average molecular weight is 257 g/mol. The maximum absolute atomic E-state index is 11.9. The molecule has 1 saturated heterocycles. The zero-order valence-electron chi connectivity index (χ0n) is 11.7. The van der Waals surface area contributed by atoms with E-state index in [1.165, 1.54) is 0 Å². The second-order valence-electron chi connectivity index (χ2n) is 4.88. The van der Waals surface area contributed by atoms with E-state index in [2.05, 4.69) is 11.8 Å². The standard InChI is InChI=1S/C13H27N3O2/c1-3-12-11-18-10-9-16(12)8-5-13(17)15(2)7-4-6-14/h12H,3-11,14H2,1-2H3. The Morgan fingerprint density at radius 1 is 1.56 bits per heavy atom. The molecule has 1 fully saturated rings. The minimum Gasteiger partial charge on any atom is -0.378 e. The van der Waals surface area contributed by atoms with Crippen molar-refractivity contribution in [2.45, 2.75) is 32.2 Å². The monoisotopic (exact) mass is 257 g/mol. The summed E-state index contributed by atoms with van der Waals surface area (Å²) >= 11 is 0. The SMILES string of the molecule is CCC1COCCN1CCC(=O)N(C)CCCN. The molecule has 0 aromatic rings. The Balaban J connectivity index is 2.27. The number of hydrogen-bond acceptors (Lipinski definition) is 4. The smallest absolute Gasteiger partial charge is 0.223 e. The zero-order chi connectivity index (χ0) is 13.4. The minimum absolute atomic E-state index is 0.213. The number of morpholine rings is 1. The van der Waals surface area contributed by atoms with E-state index in [4.69, 9.17) is 10.5 Å². The number of rotatable bonds is 7. The molecule has 5 nitrogen and oxygen atoms in total. The summed E-state index contributed by atoms with van der Waals surface area (Å²) in [6.45, 7) is 6.93. The number of nitrogens with two attached hydrogens (primary N) is 1. The molecule has 18 heavy (non-hydrogen) atoms. The number of nitrogens with zero attached hydrogens (tertiary/aromatic N) is 2. The predicted octanol–water partition coefficient (Wildman–Crippen LogP) is 0.295. The van der Waals surface area contributed by atoms with Gasteiger partial charge in [0.2, 0.25) is 5.91 Å². The number of carbonyl (C=O) groups excluding carboxylic acids is 1. The van der Waals surface area contributed by atoms with E-state index in [0.717, 1.165) is 45.7 Å². The Kier molecular flexibility index (Phi) is 7.23. The molecular formula is C13H27N3O2. The van der Waals surface area contributed by atoms with Crippen molar-refractivity contribution in [3.05, 3.63) is 0 Å². The van der Waals surface area contributed by atoms with Gasteiger partial charge in [0.1, 0.15) is 0 Å². The minimum atomic E-state index is 0.213. The van der Waals surface area contributed by atoms with Crippen molar-refractivity contribution in [2.75, 3.05) is 46.4 Å². The molecule has 0 aromatic heterocycles. The molecule has 0 saturated carbocycles. The molecule has 2 N–H and O–H groups in total. The fourth-order valence-corrected chi connectivity index (χ4v) is 2.24. The lowest BCUT2D eigenvalue weighted by atomic mass is 10.1. The number of carbonyl (C=O) groups is 1. The Hall–Kier alpha value is -0.650. The first-order chi connectivity index (χ1) is 8.69. The van der Waals surface area contributed by atoms with Gasteiger partial charge < -0.3 is 15.4 Å².